The topological polar surface area (TPSA) is 26.3 Å². The number of carbonyl (C=O) groups is 1. The van der Waals surface area contributed by atoms with Crippen LogP contribution in [0, 0.1) is 11.8 Å². The highest BCUT2D eigenvalue weighted by Crippen LogP contribution is 2.23. The standard InChI is InChI=1S/C12H18O2/c1-9-4-6-12(7-5-9)10(2)8-14-11(3)13/h4-6,10,12H,7-8H2,1-3H3/t10-,12+/m1/s1. The van der Waals surface area contributed by atoms with Crippen LogP contribution in [0.3, 0.4) is 0 Å². The van der Waals surface area contributed by atoms with Crippen molar-refractivity contribution in [1.29, 1.82) is 0 Å². The van der Waals surface area contributed by atoms with Crippen LogP contribution in [0.2, 0.25) is 0 Å². The number of esters is 1. The Labute approximate surface area is 85.6 Å². The van der Waals surface area contributed by atoms with E-state index in [1.807, 2.05) is 0 Å². The first-order chi connectivity index (χ1) is 6.59. The molecule has 1 aliphatic rings. The number of allylic oxidation sites excluding steroid dienone is 4. The van der Waals surface area contributed by atoms with Crippen molar-refractivity contribution in [2.75, 3.05) is 6.61 Å². The maximum absolute atomic E-state index is 10.6. The second-order valence-electron chi connectivity index (χ2n) is 3.99. The highest BCUT2D eigenvalue weighted by Gasteiger charge is 2.16. The van der Waals surface area contributed by atoms with E-state index in [9.17, 15) is 4.79 Å². The predicted octanol–water partition coefficient (Wildman–Crippen LogP) is 2.71. The molecule has 0 radical (unpaired) electrons. The van der Waals surface area contributed by atoms with E-state index in [1.54, 1.807) is 0 Å². The summed E-state index contributed by atoms with van der Waals surface area (Å²) in [5.74, 6) is 0.723. The molecule has 0 heterocycles. The summed E-state index contributed by atoms with van der Waals surface area (Å²) in [5.41, 5.74) is 1.32. The molecule has 0 aliphatic heterocycles. The molecule has 0 aromatic carbocycles. The smallest absolute Gasteiger partial charge is 0.302 e. The van der Waals surface area contributed by atoms with Gasteiger partial charge in [-0.2, -0.15) is 0 Å². The third kappa shape index (κ3) is 3.36. The van der Waals surface area contributed by atoms with Crippen LogP contribution in [0.1, 0.15) is 27.2 Å². The van der Waals surface area contributed by atoms with Crippen molar-refractivity contribution in [1.82, 2.24) is 0 Å². The van der Waals surface area contributed by atoms with E-state index in [2.05, 4.69) is 32.1 Å². The number of rotatable bonds is 3. The molecule has 0 fully saturated rings. The second-order valence-corrected chi connectivity index (χ2v) is 3.99. The molecule has 0 aromatic heterocycles. The molecule has 0 saturated carbocycles. The first-order valence-corrected chi connectivity index (χ1v) is 5.08. The van der Waals surface area contributed by atoms with Crippen molar-refractivity contribution in [3.05, 3.63) is 23.8 Å². The summed E-state index contributed by atoms with van der Waals surface area (Å²) < 4.78 is 4.99. The Morgan fingerprint density at radius 2 is 2.43 bits per heavy atom. The lowest BCUT2D eigenvalue weighted by Crippen LogP contribution is -2.18. The normalized spacial score (nSPS) is 22.8. The van der Waals surface area contributed by atoms with Gasteiger partial charge in [-0.15, -0.1) is 0 Å². The van der Waals surface area contributed by atoms with Crippen molar-refractivity contribution in [2.24, 2.45) is 11.8 Å². The quantitative estimate of drug-likeness (QED) is 0.646. The van der Waals surface area contributed by atoms with Crippen molar-refractivity contribution in [3.8, 4) is 0 Å². The van der Waals surface area contributed by atoms with E-state index in [1.165, 1.54) is 12.5 Å². The van der Waals surface area contributed by atoms with Gasteiger partial charge < -0.3 is 4.74 Å². The molecule has 0 amide bonds. The fourth-order valence-corrected chi connectivity index (χ4v) is 1.54. The minimum atomic E-state index is -0.191. The second kappa shape index (κ2) is 4.99. The number of hydrogen-bond donors (Lipinski definition) is 0. The minimum absolute atomic E-state index is 0.191. The van der Waals surface area contributed by atoms with E-state index in [0.717, 1.165) is 6.42 Å². The van der Waals surface area contributed by atoms with Crippen molar-refractivity contribution >= 4 is 5.97 Å². The average Bonchev–Trinajstić information content (AvgIpc) is 2.15. The van der Waals surface area contributed by atoms with Gasteiger partial charge in [0.25, 0.3) is 0 Å². The summed E-state index contributed by atoms with van der Waals surface area (Å²) in [6, 6.07) is 0. The van der Waals surface area contributed by atoms with E-state index in [-0.39, 0.29) is 5.97 Å². The van der Waals surface area contributed by atoms with Crippen LogP contribution >= 0.6 is 0 Å². The van der Waals surface area contributed by atoms with Gasteiger partial charge in [0.1, 0.15) is 0 Å². The maximum atomic E-state index is 10.6. The van der Waals surface area contributed by atoms with Crippen LogP contribution in [0.15, 0.2) is 23.8 Å². The van der Waals surface area contributed by atoms with Crippen LogP contribution < -0.4 is 0 Å². The van der Waals surface area contributed by atoms with Gasteiger partial charge in [0.2, 0.25) is 0 Å². The van der Waals surface area contributed by atoms with Gasteiger partial charge in [-0.25, -0.2) is 0 Å². The molecular weight excluding hydrogens is 176 g/mol. The molecule has 2 heteroatoms. The van der Waals surface area contributed by atoms with Gasteiger partial charge in [0, 0.05) is 6.92 Å². The molecule has 0 bridgehead atoms. The molecule has 1 rings (SSSR count). The van der Waals surface area contributed by atoms with Gasteiger partial charge in [0.05, 0.1) is 6.61 Å². The van der Waals surface area contributed by atoms with Gasteiger partial charge in [-0.1, -0.05) is 30.7 Å². The molecule has 0 aromatic rings. The summed E-state index contributed by atoms with van der Waals surface area (Å²) in [7, 11) is 0. The van der Waals surface area contributed by atoms with Crippen LogP contribution in [-0.2, 0) is 9.53 Å². The van der Waals surface area contributed by atoms with E-state index < -0.39 is 0 Å². The molecule has 0 spiro atoms. The summed E-state index contributed by atoms with van der Waals surface area (Å²) in [5, 5.41) is 0. The van der Waals surface area contributed by atoms with Crippen molar-refractivity contribution in [2.45, 2.75) is 27.2 Å². The zero-order valence-electron chi connectivity index (χ0n) is 9.12. The number of ether oxygens (including phenoxy) is 1. The Bertz CT molecular complexity index is 263. The SMILES string of the molecule is CC(=O)OC[C@@H](C)[C@H]1C=CC(C)=CC1. The van der Waals surface area contributed by atoms with Gasteiger partial charge in [0.15, 0.2) is 0 Å². The minimum Gasteiger partial charge on any atom is -0.466 e. The van der Waals surface area contributed by atoms with Crippen molar-refractivity contribution < 1.29 is 9.53 Å². The Balaban J connectivity index is 2.36. The van der Waals surface area contributed by atoms with E-state index >= 15 is 0 Å². The lowest BCUT2D eigenvalue weighted by Gasteiger charge is -2.21. The zero-order valence-corrected chi connectivity index (χ0v) is 9.12. The molecule has 0 saturated heterocycles. The number of carbonyl (C=O) groups excluding carboxylic acids is 1. The lowest BCUT2D eigenvalue weighted by atomic mass is 9.87. The third-order valence-electron chi connectivity index (χ3n) is 2.60. The van der Waals surface area contributed by atoms with Crippen LogP contribution in [0.5, 0.6) is 0 Å². The highest BCUT2D eigenvalue weighted by atomic mass is 16.5. The highest BCUT2D eigenvalue weighted by molar-refractivity contribution is 5.65. The molecule has 0 unspecified atom stereocenters. The third-order valence-corrected chi connectivity index (χ3v) is 2.60. The Morgan fingerprint density at radius 1 is 1.71 bits per heavy atom. The summed E-state index contributed by atoms with van der Waals surface area (Å²) >= 11 is 0. The lowest BCUT2D eigenvalue weighted by molar-refractivity contribution is -0.142. The molecule has 2 atom stereocenters. The van der Waals surface area contributed by atoms with Crippen LogP contribution in [0.4, 0.5) is 0 Å². The van der Waals surface area contributed by atoms with Gasteiger partial charge in [-0.3, -0.25) is 4.79 Å². The van der Waals surface area contributed by atoms with Gasteiger partial charge in [-0.05, 0) is 25.2 Å². The summed E-state index contributed by atoms with van der Waals surface area (Å²) in [6.45, 7) is 6.20. The molecular formula is C12H18O2. The van der Waals surface area contributed by atoms with E-state index in [0.29, 0.717) is 18.4 Å². The first-order valence-electron chi connectivity index (χ1n) is 5.08. The molecule has 1 aliphatic carbocycles. The maximum Gasteiger partial charge on any atom is 0.302 e. The molecule has 14 heavy (non-hydrogen) atoms. The zero-order chi connectivity index (χ0) is 10.6. The Morgan fingerprint density at radius 3 is 2.93 bits per heavy atom. The fraction of sp³-hybridized carbons (Fsp3) is 0.583. The summed E-state index contributed by atoms with van der Waals surface area (Å²) in [6.07, 6.45) is 7.64. The Kier molecular flexibility index (Phi) is 3.93. The van der Waals surface area contributed by atoms with Gasteiger partial charge >= 0.3 is 5.97 Å². The van der Waals surface area contributed by atoms with Crippen LogP contribution in [0.25, 0.3) is 0 Å². The number of hydrogen-bond acceptors (Lipinski definition) is 2. The summed E-state index contributed by atoms with van der Waals surface area (Å²) in [4.78, 5) is 10.6. The Hall–Kier alpha value is -1.05. The molecule has 0 N–H and O–H groups in total. The predicted molar refractivity (Wildman–Crippen MR) is 56.8 cm³/mol. The monoisotopic (exact) mass is 194 g/mol. The molecule has 2 nitrogen and oxygen atoms in total. The van der Waals surface area contributed by atoms with Crippen LogP contribution in [-0.4, -0.2) is 12.6 Å². The van der Waals surface area contributed by atoms with E-state index in [4.69, 9.17) is 4.74 Å². The largest absolute Gasteiger partial charge is 0.466 e. The fourth-order valence-electron chi connectivity index (χ4n) is 1.54. The average molecular weight is 194 g/mol. The molecule has 78 valence electrons. The van der Waals surface area contributed by atoms with Crippen molar-refractivity contribution in [3.63, 3.8) is 0 Å². The first kappa shape index (κ1) is 11.0.